The van der Waals surface area contributed by atoms with Crippen LogP contribution in [0.5, 0.6) is 0 Å². The molecule has 0 aromatic heterocycles. The molecule has 1 heteroatoms. The molecule has 0 bridgehead atoms. The number of hydrogen-bond donors (Lipinski definition) is 0. The minimum atomic E-state index is -0.127. The summed E-state index contributed by atoms with van der Waals surface area (Å²) in [6.07, 6.45) is 8.10. The summed E-state index contributed by atoms with van der Waals surface area (Å²) in [5, 5.41) is 0. The Bertz CT molecular complexity index is 634. The molecule has 1 saturated carbocycles. The van der Waals surface area contributed by atoms with E-state index in [1.165, 1.54) is 44.1 Å². The van der Waals surface area contributed by atoms with E-state index in [-0.39, 0.29) is 5.82 Å². The molecule has 0 heterocycles. The van der Waals surface area contributed by atoms with Gasteiger partial charge in [-0.1, -0.05) is 69.0 Å². The molecule has 1 fully saturated rings. The standard InChI is InChI=1S/C22H27F/c1-16-3-6-18(7-4-16)8-9-19-10-13-20(14-11-19)21-12-5-17(2)22(23)15-21/h5,10-16,18H,3-4,6-9H2,1-2H3. The first kappa shape index (κ1) is 16.2. The Balaban J connectivity index is 1.59. The fourth-order valence-corrected chi connectivity index (χ4v) is 3.62. The molecule has 0 unspecified atom stereocenters. The summed E-state index contributed by atoms with van der Waals surface area (Å²) in [6.45, 7) is 4.18. The van der Waals surface area contributed by atoms with E-state index in [0.29, 0.717) is 5.56 Å². The average molecular weight is 310 g/mol. The Labute approximate surface area is 139 Å². The Morgan fingerprint density at radius 3 is 2.22 bits per heavy atom. The van der Waals surface area contributed by atoms with Crippen LogP contribution in [0.2, 0.25) is 0 Å². The number of aryl methyl sites for hydroxylation is 2. The van der Waals surface area contributed by atoms with Crippen molar-refractivity contribution in [2.24, 2.45) is 11.8 Å². The van der Waals surface area contributed by atoms with Gasteiger partial charge in [-0.25, -0.2) is 4.39 Å². The van der Waals surface area contributed by atoms with Gasteiger partial charge in [-0.2, -0.15) is 0 Å². The molecule has 0 saturated heterocycles. The molecule has 3 rings (SSSR count). The molecule has 0 spiro atoms. The van der Waals surface area contributed by atoms with Crippen LogP contribution in [0, 0.1) is 24.6 Å². The van der Waals surface area contributed by atoms with Gasteiger partial charge in [0.25, 0.3) is 0 Å². The number of hydrogen-bond acceptors (Lipinski definition) is 0. The Hall–Kier alpha value is -1.63. The SMILES string of the molecule is Cc1ccc(-c2ccc(CCC3CCC(C)CC3)cc2)cc1F. The minimum Gasteiger partial charge on any atom is -0.207 e. The summed E-state index contributed by atoms with van der Waals surface area (Å²) < 4.78 is 13.7. The lowest BCUT2D eigenvalue weighted by molar-refractivity contribution is 0.278. The Kier molecular flexibility index (Phi) is 5.15. The van der Waals surface area contributed by atoms with E-state index in [9.17, 15) is 4.39 Å². The Morgan fingerprint density at radius 1 is 0.913 bits per heavy atom. The van der Waals surface area contributed by atoms with Crippen molar-refractivity contribution < 1.29 is 4.39 Å². The van der Waals surface area contributed by atoms with Gasteiger partial charge in [0.15, 0.2) is 0 Å². The first-order chi connectivity index (χ1) is 11.1. The normalized spacial score (nSPS) is 21.3. The predicted molar refractivity (Wildman–Crippen MR) is 96.0 cm³/mol. The second kappa shape index (κ2) is 7.29. The van der Waals surface area contributed by atoms with Crippen molar-refractivity contribution in [3.63, 3.8) is 0 Å². The second-order valence-corrected chi connectivity index (χ2v) is 7.33. The zero-order chi connectivity index (χ0) is 16.2. The highest BCUT2D eigenvalue weighted by Crippen LogP contribution is 2.31. The third-order valence-electron chi connectivity index (χ3n) is 5.44. The molecular weight excluding hydrogens is 283 g/mol. The van der Waals surface area contributed by atoms with E-state index in [2.05, 4.69) is 31.2 Å². The largest absolute Gasteiger partial charge is 0.207 e. The molecule has 2 aromatic carbocycles. The van der Waals surface area contributed by atoms with Gasteiger partial charge in [0.2, 0.25) is 0 Å². The molecule has 2 aromatic rings. The van der Waals surface area contributed by atoms with Crippen molar-refractivity contribution >= 4 is 0 Å². The lowest BCUT2D eigenvalue weighted by Crippen LogP contribution is -2.12. The molecule has 122 valence electrons. The van der Waals surface area contributed by atoms with Crippen LogP contribution >= 0.6 is 0 Å². The van der Waals surface area contributed by atoms with Gasteiger partial charge in [-0.15, -0.1) is 0 Å². The molecule has 1 aliphatic rings. The zero-order valence-electron chi connectivity index (χ0n) is 14.3. The van der Waals surface area contributed by atoms with Crippen molar-refractivity contribution in [2.75, 3.05) is 0 Å². The summed E-state index contributed by atoms with van der Waals surface area (Å²) in [6, 6.07) is 14.1. The van der Waals surface area contributed by atoms with Crippen molar-refractivity contribution in [3.8, 4) is 11.1 Å². The number of rotatable bonds is 4. The summed E-state index contributed by atoms with van der Waals surface area (Å²) >= 11 is 0. The Morgan fingerprint density at radius 2 is 1.57 bits per heavy atom. The van der Waals surface area contributed by atoms with Crippen LogP contribution in [0.4, 0.5) is 4.39 Å². The van der Waals surface area contributed by atoms with Crippen LogP contribution in [0.1, 0.15) is 50.2 Å². The summed E-state index contributed by atoms with van der Waals surface area (Å²) in [4.78, 5) is 0. The molecule has 23 heavy (non-hydrogen) atoms. The van der Waals surface area contributed by atoms with Crippen molar-refractivity contribution in [1.29, 1.82) is 0 Å². The van der Waals surface area contributed by atoms with Gasteiger partial charge in [0.1, 0.15) is 5.82 Å². The van der Waals surface area contributed by atoms with Crippen molar-refractivity contribution in [2.45, 2.75) is 52.4 Å². The van der Waals surface area contributed by atoms with Crippen LogP contribution in [-0.2, 0) is 6.42 Å². The maximum Gasteiger partial charge on any atom is 0.126 e. The smallest absolute Gasteiger partial charge is 0.126 e. The van der Waals surface area contributed by atoms with Gasteiger partial charge in [-0.3, -0.25) is 0 Å². The van der Waals surface area contributed by atoms with E-state index >= 15 is 0 Å². The van der Waals surface area contributed by atoms with Crippen molar-refractivity contribution in [1.82, 2.24) is 0 Å². The second-order valence-electron chi connectivity index (χ2n) is 7.33. The maximum atomic E-state index is 13.7. The first-order valence-electron chi connectivity index (χ1n) is 8.97. The fraction of sp³-hybridized carbons (Fsp3) is 0.455. The zero-order valence-corrected chi connectivity index (χ0v) is 14.3. The number of benzene rings is 2. The van der Waals surface area contributed by atoms with Crippen LogP contribution in [0.3, 0.4) is 0 Å². The van der Waals surface area contributed by atoms with E-state index in [1.54, 1.807) is 13.0 Å². The topological polar surface area (TPSA) is 0 Å². The third-order valence-corrected chi connectivity index (χ3v) is 5.44. The monoisotopic (exact) mass is 310 g/mol. The van der Waals surface area contributed by atoms with E-state index < -0.39 is 0 Å². The van der Waals surface area contributed by atoms with Crippen LogP contribution in [-0.4, -0.2) is 0 Å². The summed E-state index contributed by atoms with van der Waals surface area (Å²) in [5.74, 6) is 1.72. The van der Waals surface area contributed by atoms with Gasteiger partial charge in [0.05, 0.1) is 0 Å². The van der Waals surface area contributed by atoms with E-state index in [4.69, 9.17) is 0 Å². The van der Waals surface area contributed by atoms with Gasteiger partial charge < -0.3 is 0 Å². The molecular formula is C22H27F. The quantitative estimate of drug-likeness (QED) is 0.600. The van der Waals surface area contributed by atoms with Crippen molar-refractivity contribution in [3.05, 3.63) is 59.4 Å². The van der Waals surface area contributed by atoms with E-state index in [1.807, 2.05) is 12.1 Å². The van der Waals surface area contributed by atoms with Gasteiger partial charge in [0, 0.05) is 0 Å². The molecule has 0 nitrogen and oxygen atoms in total. The fourth-order valence-electron chi connectivity index (χ4n) is 3.62. The highest BCUT2D eigenvalue weighted by Gasteiger charge is 2.17. The molecule has 1 aliphatic carbocycles. The molecule has 0 radical (unpaired) electrons. The highest BCUT2D eigenvalue weighted by atomic mass is 19.1. The third kappa shape index (κ3) is 4.22. The summed E-state index contributed by atoms with van der Waals surface area (Å²) in [5.41, 5.74) is 4.16. The highest BCUT2D eigenvalue weighted by molar-refractivity contribution is 5.64. The molecule has 0 atom stereocenters. The summed E-state index contributed by atoms with van der Waals surface area (Å²) in [7, 11) is 0. The molecule has 0 aliphatic heterocycles. The first-order valence-corrected chi connectivity index (χ1v) is 8.97. The van der Waals surface area contributed by atoms with Crippen LogP contribution in [0.15, 0.2) is 42.5 Å². The maximum absolute atomic E-state index is 13.7. The lowest BCUT2D eigenvalue weighted by atomic mass is 9.80. The van der Waals surface area contributed by atoms with E-state index in [0.717, 1.165) is 23.0 Å². The van der Waals surface area contributed by atoms with Gasteiger partial charge >= 0.3 is 0 Å². The minimum absolute atomic E-state index is 0.127. The van der Waals surface area contributed by atoms with Gasteiger partial charge in [-0.05, 0) is 59.9 Å². The average Bonchev–Trinajstić information content (AvgIpc) is 2.57. The molecule has 0 N–H and O–H groups in total. The van der Waals surface area contributed by atoms with Crippen LogP contribution < -0.4 is 0 Å². The predicted octanol–water partition coefficient (Wildman–Crippen LogP) is 6.56. The lowest BCUT2D eigenvalue weighted by Gasteiger charge is -2.26. The number of halogens is 1. The molecule has 0 amide bonds. The van der Waals surface area contributed by atoms with Crippen LogP contribution in [0.25, 0.3) is 11.1 Å².